The Balaban J connectivity index is 2.06. The summed E-state index contributed by atoms with van der Waals surface area (Å²) in [6, 6.07) is 4.07. The van der Waals surface area contributed by atoms with Crippen molar-refractivity contribution in [1.29, 1.82) is 0 Å². The molecule has 1 aromatic rings. The number of benzene rings is 1. The molecule has 1 nitrogen and oxygen atoms in total. The molecule has 0 N–H and O–H groups in total. The summed E-state index contributed by atoms with van der Waals surface area (Å²) in [5.74, 6) is 0. The highest BCUT2D eigenvalue weighted by molar-refractivity contribution is 6.94. The lowest BCUT2D eigenvalue weighted by molar-refractivity contribution is 0.735. The van der Waals surface area contributed by atoms with Gasteiger partial charge in [-0.3, -0.25) is 0 Å². The Labute approximate surface area is 105 Å². The van der Waals surface area contributed by atoms with Crippen LogP contribution in [-0.4, -0.2) is 20.8 Å². The summed E-state index contributed by atoms with van der Waals surface area (Å²) in [6.45, 7) is 6.30. The third kappa shape index (κ3) is 1.20. The van der Waals surface area contributed by atoms with Crippen LogP contribution in [0.5, 0.6) is 0 Å². The van der Waals surface area contributed by atoms with Crippen molar-refractivity contribution < 1.29 is 0 Å². The van der Waals surface area contributed by atoms with Crippen LogP contribution in [0.4, 0.5) is 5.69 Å². The second kappa shape index (κ2) is 3.17. The molecule has 0 spiro atoms. The largest absolute Gasteiger partial charge is 0.374 e. The quantitative estimate of drug-likeness (QED) is 0.633. The van der Waals surface area contributed by atoms with Gasteiger partial charge < -0.3 is 4.90 Å². The summed E-state index contributed by atoms with van der Waals surface area (Å²) in [5.41, 5.74) is 6.72. The van der Waals surface area contributed by atoms with Crippen LogP contribution in [0.15, 0.2) is 6.07 Å². The highest BCUT2D eigenvalue weighted by Gasteiger charge is 2.46. The van der Waals surface area contributed by atoms with Crippen LogP contribution in [0.2, 0.25) is 12.6 Å². The lowest BCUT2D eigenvalue weighted by atomic mass is 9.93. The predicted octanol–water partition coefficient (Wildman–Crippen LogP) is 2.53. The van der Waals surface area contributed by atoms with Crippen molar-refractivity contribution in [2.45, 2.75) is 45.2 Å². The number of hydrogen-bond donors (Lipinski definition) is 0. The van der Waals surface area contributed by atoms with Gasteiger partial charge in [0.1, 0.15) is 8.07 Å². The first-order valence-corrected chi connectivity index (χ1v) is 10.0. The Morgan fingerprint density at radius 1 is 1.24 bits per heavy atom. The van der Waals surface area contributed by atoms with Crippen LogP contribution in [0.25, 0.3) is 0 Å². The fraction of sp³-hybridized carbons (Fsp3) is 0.600. The van der Waals surface area contributed by atoms with Crippen molar-refractivity contribution in [2.24, 2.45) is 0 Å². The molecule has 0 aliphatic carbocycles. The van der Waals surface area contributed by atoms with E-state index in [9.17, 15) is 0 Å². The molecule has 17 heavy (non-hydrogen) atoms. The summed E-state index contributed by atoms with van der Waals surface area (Å²) >= 11 is 0. The van der Waals surface area contributed by atoms with E-state index in [2.05, 4.69) is 24.4 Å². The second-order valence-electron chi connectivity index (χ2n) is 6.49. The lowest BCUT2D eigenvalue weighted by Gasteiger charge is -2.30. The van der Waals surface area contributed by atoms with Crippen molar-refractivity contribution in [3.05, 3.63) is 22.8 Å². The average molecular weight is 243 g/mol. The van der Waals surface area contributed by atoms with Crippen molar-refractivity contribution in [3.8, 4) is 0 Å². The molecule has 0 bridgehead atoms. The maximum Gasteiger partial charge on any atom is 0.107 e. The minimum Gasteiger partial charge on any atom is -0.374 e. The second-order valence-corrected chi connectivity index (χ2v) is 10.9. The van der Waals surface area contributed by atoms with Crippen LogP contribution in [-0.2, 0) is 12.8 Å². The van der Waals surface area contributed by atoms with Gasteiger partial charge in [-0.05, 0) is 48.1 Å². The Kier molecular flexibility index (Phi) is 1.90. The fourth-order valence-corrected chi connectivity index (χ4v) is 9.07. The van der Waals surface area contributed by atoms with Gasteiger partial charge in [0.2, 0.25) is 0 Å². The molecule has 0 fully saturated rings. The molecule has 3 aliphatic rings. The summed E-state index contributed by atoms with van der Waals surface area (Å²) < 4.78 is 0. The molecule has 0 saturated carbocycles. The molecular formula is C15H21NSi. The first kappa shape index (κ1) is 10.2. The van der Waals surface area contributed by atoms with E-state index in [1.165, 1.54) is 44.4 Å². The van der Waals surface area contributed by atoms with Crippen LogP contribution in [0.1, 0.15) is 29.5 Å². The van der Waals surface area contributed by atoms with Gasteiger partial charge in [0.05, 0.1) is 0 Å². The zero-order chi connectivity index (χ0) is 11.6. The van der Waals surface area contributed by atoms with E-state index in [1.807, 2.05) is 5.19 Å². The number of rotatable bonds is 0. The van der Waals surface area contributed by atoms with Gasteiger partial charge in [-0.15, -0.1) is 0 Å². The summed E-state index contributed by atoms with van der Waals surface area (Å²) in [4.78, 5) is 2.75. The van der Waals surface area contributed by atoms with Gasteiger partial charge in [0.15, 0.2) is 0 Å². The number of aryl methyl sites for hydroxylation is 2. The van der Waals surface area contributed by atoms with E-state index >= 15 is 0 Å². The van der Waals surface area contributed by atoms with Crippen LogP contribution < -0.4 is 10.1 Å². The smallest absolute Gasteiger partial charge is 0.107 e. The van der Waals surface area contributed by atoms with E-state index < -0.39 is 8.07 Å². The Morgan fingerprint density at radius 3 is 3.00 bits per heavy atom. The molecule has 0 radical (unpaired) electrons. The van der Waals surface area contributed by atoms with Crippen molar-refractivity contribution >= 4 is 18.9 Å². The molecule has 3 heterocycles. The van der Waals surface area contributed by atoms with Crippen LogP contribution >= 0.6 is 0 Å². The van der Waals surface area contributed by atoms with E-state index in [0.717, 1.165) is 0 Å². The standard InChI is InChI=1S/C15H21NSi/c1-11-9-12-5-4-8-17(2)10-16-7-3-6-13(11)14(16)15(12)17/h9H,3-8,10H2,1-2H3. The molecule has 4 rings (SSSR count). The topological polar surface area (TPSA) is 3.24 Å². The van der Waals surface area contributed by atoms with Gasteiger partial charge >= 0.3 is 0 Å². The molecular weight excluding hydrogens is 222 g/mol. The average Bonchev–Trinajstić information content (AvgIpc) is 2.60. The van der Waals surface area contributed by atoms with E-state index in [1.54, 1.807) is 22.4 Å². The van der Waals surface area contributed by atoms with Gasteiger partial charge in [0, 0.05) is 18.4 Å². The summed E-state index contributed by atoms with van der Waals surface area (Å²) in [5, 5.41) is 1.88. The minimum absolute atomic E-state index is 1.11. The monoisotopic (exact) mass is 243 g/mol. The molecule has 3 aliphatic heterocycles. The van der Waals surface area contributed by atoms with Crippen molar-refractivity contribution in [1.82, 2.24) is 0 Å². The normalized spacial score (nSPS) is 29.4. The Hall–Kier alpha value is -0.763. The summed E-state index contributed by atoms with van der Waals surface area (Å²) in [6.07, 6.45) is 6.92. The number of nitrogens with zero attached hydrogens (tertiary/aromatic N) is 1. The maximum absolute atomic E-state index is 2.75. The van der Waals surface area contributed by atoms with Gasteiger partial charge in [0.25, 0.3) is 0 Å². The van der Waals surface area contributed by atoms with E-state index in [-0.39, 0.29) is 0 Å². The van der Waals surface area contributed by atoms with Gasteiger partial charge in [-0.2, -0.15) is 0 Å². The highest BCUT2D eigenvalue weighted by atomic mass is 28.3. The van der Waals surface area contributed by atoms with Crippen LogP contribution in [0.3, 0.4) is 0 Å². The molecule has 1 unspecified atom stereocenters. The predicted molar refractivity (Wildman–Crippen MR) is 76.1 cm³/mol. The first-order chi connectivity index (χ1) is 8.19. The molecule has 0 aromatic heterocycles. The third-order valence-corrected chi connectivity index (χ3v) is 9.50. The Morgan fingerprint density at radius 2 is 2.12 bits per heavy atom. The minimum atomic E-state index is -1.11. The lowest BCUT2D eigenvalue weighted by Crippen LogP contribution is -2.49. The molecule has 0 amide bonds. The molecule has 90 valence electrons. The third-order valence-electron chi connectivity index (χ3n) is 5.20. The Bertz CT molecular complexity index is 508. The maximum atomic E-state index is 2.75. The zero-order valence-electron chi connectivity index (χ0n) is 11.0. The van der Waals surface area contributed by atoms with Crippen molar-refractivity contribution in [3.63, 3.8) is 0 Å². The number of hydrogen-bond acceptors (Lipinski definition) is 1. The number of anilines is 1. The molecule has 1 atom stereocenters. The van der Waals surface area contributed by atoms with Gasteiger partial charge in [-0.1, -0.05) is 25.1 Å². The van der Waals surface area contributed by atoms with E-state index in [4.69, 9.17) is 0 Å². The SMILES string of the molecule is Cc1cc2c3c4c1CCCN4C[Si]3(C)CCC2. The molecule has 2 heteroatoms. The van der Waals surface area contributed by atoms with E-state index in [0.29, 0.717) is 0 Å². The van der Waals surface area contributed by atoms with Crippen molar-refractivity contribution in [2.75, 3.05) is 17.6 Å². The highest BCUT2D eigenvalue weighted by Crippen LogP contribution is 2.40. The fourth-order valence-electron chi connectivity index (χ4n) is 4.54. The first-order valence-electron chi connectivity index (χ1n) is 7.10. The zero-order valence-corrected chi connectivity index (χ0v) is 12.0. The summed E-state index contributed by atoms with van der Waals surface area (Å²) in [7, 11) is -1.11. The molecule has 1 aromatic carbocycles. The van der Waals surface area contributed by atoms with Crippen LogP contribution in [0, 0.1) is 6.92 Å². The van der Waals surface area contributed by atoms with Gasteiger partial charge in [-0.25, -0.2) is 0 Å². The molecule has 0 saturated heterocycles.